The number of benzene rings is 1. The van der Waals surface area contributed by atoms with Crippen LogP contribution < -0.4 is 10.1 Å². The molecule has 23 heavy (non-hydrogen) atoms. The van der Waals surface area contributed by atoms with Crippen LogP contribution in [-0.2, 0) is 4.79 Å². The van der Waals surface area contributed by atoms with Gasteiger partial charge in [0.15, 0.2) is 11.6 Å². The van der Waals surface area contributed by atoms with Gasteiger partial charge in [0.25, 0.3) is 0 Å². The highest BCUT2D eigenvalue weighted by molar-refractivity contribution is 5.79. The molecule has 1 aromatic rings. The van der Waals surface area contributed by atoms with Crippen LogP contribution in [0.4, 0.5) is 13.6 Å². The molecule has 1 aromatic carbocycles. The van der Waals surface area contributed by atoms with Gasteiger partial charge in [-0.05, 0) is 25.5 Å². The minimum absolute atomic E-state index is 0.0842. The molecule has 0 radical (unpaired) electrons. The van der Waals surface area contributed by atoms with Gasteiger partial charge in [0, 0.05) is 19.2 Å². The second-order valence-corrected chi connectivity index (χ2v) is 5.69. The van der Waals surface area contributed by atoms with E-state index in [0.29, 0.717) is 13.0 Å². The third kappa shape index (κ3) is 4.08. The summed E-state index contributed by atoms with van der Waals surface area (Å²) in [5.41, 5.74) is -0.917. The number of ether oxygens (including phenoxy) is 1. The number of likely N-dealkylation sites (tertiary alicyclic amines) is 1. The van der Waals surface area contributed by atoms with Crippen LogP contribution in [0.2, 0.25) is 0 Å². The Balaban J connectivity index is 1.73. The predicted molar refractivity (Wildman–Crippen MR) is 77.2 cm³/mol. The molecule has 1 unspecified atom stereocenters. The molecule has 1 heterocycles. The number of nitrogens with one attached hydrogen (secondary N) is 1. The second-order valence-electron chi connectivity index (χ2n) is 5.69. The van der Waals surface area contributed by atoms with Gasteiger partial charge in [0.2, 0.25) is 0 Å². The first-order valence-electron chi connectivity index (χ1n) is 7.16. The standard InChI is InChI=1S/C15H18F2N2O4/c1-15(13(20)21)4-6-19(9-15)14(22)18-5-7-23-10-2-3-11(16)12(17)8-10/h2-3,8H,4-7,9H2,1H3,(H,18,22)(H,20,21). The minimum atomic E-state index is -1.00. The normalized spacial score (nSPS) is 20.4. The summed E-state index contributed by atoms with van der Waals surface area (Å²) in [7, 11) is 0. The van der Waals surface area contributed by atoms with E-state index in [4.69, 9.17) is 9.84 Å². The number of carbonyl (C=O) groups is 2. The fraction of sp³-hybridized carbons (Fsp3) is 0.467. The second kappa shape index (κ2) is 6.80. The summed E-state index contributed by atoms with van der Waals surface area (Å²) < 4.78 is 30.9. The number of amides is 2. The van der Waals surface area contributed by atoms with Gasteiger partial charge in [-0.25, -0.2) is 13.6 Å². The van der Waals surface area contributed by atoms with E-state index in [2.05, 4.69) is 5.32 Å². The van der Waals surface area contributed by atoms with Crippen molar-refractivity contribution >= 4 is 12.0 Å². The third-order valence-electron chi connectivity index (χ3n) is 3.81. The lowest BCUT2D eigenvalue weighted by Crippen LogP contribution is -2.42. The SMILES string of the molecule is CC1(C(=O)O)CCN(C(=O)NCCOc2ccc(F)c(F)c2)C1. The molecule has 2 rings (SSSR count). The summed E-state index contributed by atoms with van der Waals surface area (Å²) in [4.78, 5) is 24.5. The first-order chi connectivity index (χ1) is 10.8. The lowest BCUT2D eigenvalue weighted by Gasteiger charge is -2.20. The Bertz CT molecular complexity index is 611. The van der Waals surface area contributed by atoms with E-state index in [1.54, 1.807) is 6.92 Å². The Morgan fingerprint density at radius 1 is 1.39 bits per heavy atom. The number of aliphatic carboxylic acids is 1. The van der Waals surface area contributed by atoms with Crippen molar-refractivity contribution in [3.05, 3.63) is 29.8 Å². The van der Waals surface area contributed by atoms with E-state index < -0.39 is 23.0 Å². The molecule has 1 aliphatic heterocycles. The summed E-state index contributed by atoms with van der Waals surface area (Å²) in [6.07, 6.45) is 0.404. The smallest absolute Gasteiger partial charge is 0.317 e. The zero-order valence-corrected chi connectivity index (χ0v) is 12.6. The molecule has 1 fully saturated rings. The number of carboxylic acids is 1. The molecule has 0 aromatic heterocycles. The van der Waals surface area contributed by atoms with Gasteiger partial charge in [0.1, 0.15) is 12.4 Å². The highest BCUT2D eigenvalue weighted by Crippen LogP contribution is 2.29. The van der Waals surface area contributed by atoms with Crippen molar-refractivity contribution < 1.29 is 28.2 Å². The van der Waals surface area contributed by atoms with Gasteiger partial charge in [0.05, 0.1) is 12.0 Å². The van der Waals surface area contributed by atoms with Crippen molar-refractivity contribution in [3.63, 3.8) is 0 Å². The third-order valence-corrected chi connectivity index (χ3v) is 3.81. The van der Waals surface area contributed by atoms with Crippen LogP contribution in [-0.4, -0.2) is 48.2 Å². The maximum atomic E-state index is 13.0. The molecule has 6 nitrogen and oxygen atoms in total. The summed E-state index contributed by atoms with van der Waals surface area (Å²) >= 11 is 0. The quantitative estimate of drug-likeness (QED) is 0.809. The molecular formula is C15H18F2N2O4. The van der Waals surface area contributed by atoms with E-state index in [1.807, 2.05) is 0 Å². The fourth-order valence-corrected chi connectivity index (χ4v) is 2.31. The molecule has 1 atom stereocenters. The zero-order chi connectivity index (χ0) is 17.0. The van der Waals surface area contributed by atoms with Crippen LogP contribution in [0.3, 0.4) is 0 Å². The highest BCUT2D eigenvalue weighted by atomic mass is 19.2. The molecule has 0 bridgehead atoms. The van der Waals surface area contributed by atoms with Crippen LogP contribution in [0.1, 0.15) is 13.3 Å². The summed E-state index contributed by atoms with van der Waals surface area (Å²) in [6.45, 7) is 2.38. The molecule has 126 valence electrons. The Morgan fingerprint density at radius 2 is 2.13 bits per heavy atom. The zero-order valence-electron chi connectivity index (χ0n) is 12.6. The van der Waals surface area contributed by atoms with E-state index in [0.717, 1.165) is 12.1 Å². The van der Waals surface area contributed by atoms with Crippen molar-refractivity contribution in [3.8, 4) is 5.75 Å². The number of carbonyl (C=O) groups excluding carboxylic acids is 1. The van der Waals surface area contributed by atoms with Crippen molar-refractivity contribution in [2.75, 3.05) is 26.2 Å². The highest BCUT2D eigenvalue weighted by Gasteiger charge is 2.42. The van der Waals surface area contributed by atoms with Gasteiger partial charge < -0.3 is 20.1 Å². The van der Waals surface area contributed by atoms with Gasteiger partial charge in [-0.3, -0.25) is 4.79 Å². The van der Waals surface area contributed by atoms with Gasteiger partial charge >= 0.3 is 12.0 Å². The number of carboxylic acid groups (broad SMARTS) is 1. The van der Waals surface area contributed by atoms with Gasteiger partial charge in [-0.1, -0.05) is 0 Å². The maximum Gasteiger partial charge on any atom is 0.317 e. The number of rotatable bonds is 5. The van der Waals surface area contributed by atoms with E-state index in [1.165, 1.54) is 11.0 Å². The molecule has 8 heteroatoms. The molecular weight excluding hydrogens is 310 g/mol. The summed E-state index contributed by atoms with van der Waals surface area (Å²) in [5.74, 6) is -2.72. The van der Waals surface area contributed by atoms with Crippen molar-refractivity contribution in [2.24, 2.45) is 5.41 Å². The monoisotopic (exact) mass is 328 g/mol. The Labute approximate surface area is 132 Å². The van der Waals surface area contributed by atoms with Gasteiger partial charge in [-0.15, -0.1) is 0 Å². The molecule has 0 aliphatic carbocycles. The van der Waals surface area contributed by atoms with Crippen molar-refractivity contribution in [1.29, 1.82) is 0 Å². The molecule has 0 saturated carbocycles. The van der Waals surface area contributed by atoms with Crippen LogP contribution in [0.25, 0.3) is 0 Å². The Hall–Kier alpha value is -2.38. The molecule has 1 saturated heterocycles. The summed E-state index contributed by atoms with van der Waals surface area (Å²) in [6, 6.07) is 2.80. The van der Waals surface area contributed by atoms with Gasteiger partial charge in [-0.2, -0.15) is 0 Å². The number of halogens is 2. The number of urea groups is 1. The first kappa shape index (κ1) is 17.0. The Kier molecular flexibility index (Phi) is 5.02. The molecule has 1 aliphatic rings. The van der Waals surface area contributed by atoms with Crippen LogP contribution in [0.15, 0.2) is 18.2 Å². The molecule has 2 N–H and O–H groups in total. The first-order valence-corrected chi connectivity index (χ1v) is 7.16. The minimum Gasteiger partial charge on any atom is -0.492 e. The summed E-state index contributed by atoms with van der Waals surface area (Å²) in [5, 5.41) is 11.7. The van der Waals surface area contributed by atoms with Crippen molar-refractivity contribution in [2.45, 2.75) is 13.3 Å². The number of hydrogen-bond donors (Lipinski definition) is 2. The predicted octanol–water partition coefficient (Wildman–Crippen LogP) is 1.85. The number of hydrogen-bond acceptors (Lipinski definition) is 3. The largest absolute Gasteiger partial charge is 0.492 e. The van der Waals surface area contributed by atoms with E-state index >= 15 is 0 Å². The van der Waals surface area contributed by atoms with E-state index in [-0.39, 0.29) is 31.5 Å². The van der Waals surface area contributed by atoms with Crippen LogP contribution in [0.5, 0.6) is 5.75 Å². The molecule has 2 amide bonds. The fourth-order valence-electron chi connectivity index (χ4n) is 2.31. The van der Waals surface area contributed by atoms with Crippen LogP contribution >= 0.6 is 0 Å². The topological polar surface area (TPSA) is 78.9 Å². The lowest BCUT2D eigenvalue weighted by molar-refractivity contribution is -0.147. The number of nitrogens with zero attached hydrogens (tertiary/aromatic N) is 1. The average molecular weight is 328 g/mol. The van der Waals surface area contributed by atoms with Crippen molar-refractivity contribution in [1.82, 2.24) is 10.2 Å². The Morgan fingerprint density at radius 3 is 2.74 bits per heavy atom. The lowest BCUT2D eigenvalue weighted by atomic mass is 9.90. The average Bonchev–Trinajstić information content (AvgIpc) is 2.91. The van der Waals surface area contributed by atoms with Crippen LogP contribution in [0, 0.1) is 17.0 Å². The van der Waals surface area contributed by atoms with E-state index in [9.17, 15) is 18.4 Å². The molecule has 0 spiro atoms. The maximum absolute atomic E-state index is 13.0.